The lowest BCUT2D eigenvalue weighted by molar-refractivity contribution is -0.142. The average molecular weight is 431 g/mol. The first-order chi connectivity index (χ1) is 13.4. The average Bonchev–Trinajstić information content (AvgIpc) is 3.20. The first kappa shape index (κ1) is 21.1. The van der Waals surface area contributed by atoms with Crippen LogP contribution in [-0.2, 0) is 29.2 Å². The maximum atomic E-state index is 13.4. The molecule has 0 unspecified atom stereocenters. The Morgan fingerprint density at radius 2 is 1.90 bits per heavy atom. The van der Waals surface area contributed by atoms with Gasteiger partial charge in [0.2, 0.25) is 15.6 Å². The molecule has 2 amide bonds. The highest BCUT2D eigenvalue weighted by Crippen LogP contribution is 2.28. The molecule has 2 aliphatic heterocycles. The number of benzene rings is 1. The third kappa shape index (κ3) is 5.07. The van der Waals surface area contributed by atoms with E-state index in [1.54, 1.807) is 0 Å². The molecular weight excluding hydrogens is 412 g/mol. The van der Waals surface area contributed by atoms with Crippen LogP contribution in [0.15, 0.2) is 23.4 Å². The smallest absolute Gasteiger partial charge is 0.267 e. The number of hydrogen-bond donors (Lipinski definition) is 2. The fourth-order valence-corrected chi connectivity index (χ4v) is 3.53. The van der Waals surface area contributed by atoms with Crippen LogP contribution in [0.4, 0.5) is 8.78 Å². The quantitative estimate of drug-likeness (QED) is 0.687. The molecule has 2 N–H and O–H groups in total. The zero-order valence-corrected chi connectivity index (χ0v) is 16.4. The Bertz CT molecular complexity index is 963. The van der Waals surface area contributed by atoms with Crippen LogP contribution in [0.5, 0.6) is 0 Å². The van der Waals surface area contributed by atoms with Gasteiger partial charge in [-0.25, -0.2) is 17.2 Å². The molecule has 2 aliphatic rings. The van der Waals surface area contributed by atoms with E-state index in [1.807, 2.05) is 4.72 Å². The lowest BCUT2D eigenvalue weighted by Crippen LogP contribution is -2.49. The molecule has 0 aromatic heterocycles. The van der Waals surface area contributed by atoms with Gasteiger partial charge in [-0.2, -0.15) is 0 Å². The number of oxime groups is 1. The van der Waals surface area contributed by atoms with Crippen LogP contribution in [0.25, 0.3) is 0 Å². The van der Waals surface area contributed by atoms with Gasteiger partial charge in [-0.1, -0.05) is 5.16 Å². The van der Waals surface area contributed by atoms with Gasteiger partial charge in [0, 0.05) is 24.5 Å². The highest BCUT2D eigenvalue weighted by molar-refractivity contribution is 7.89. The van der Waals surface area contributed by atoms with Crippen molar-refractivity contribution in [1.82, 2.24) is 10.0 Å². The summed E-state index contributed by atoms with van der Waals surface area (Å²) in [6.45, 7) is 1.48. The predicted molar refractivity (Wildman–Crippen MR) is 96.3 cm³/mol. The van der Waals surface area contributed by atoms with Gasteiger partial charge in [0.15, 0.2) is 0 Å². The minimum atomic E-state index is -3.72. The molecule has 9 nitrogen and oxygen atoms in total. The van der Waals surface area contributed by atoms with Crippen LogP contribution in [0.2, 0.25) is 0 Å². The van der Waals surface area contributed by atoms with Gasteiger partial charge in [-0.3, -0.25) is 14.3 Å². The molecule has 1 aromatic carbocycles. The number of carbonyl (C=O) groups is 2. The SMILES string of the molecule is C[C@]1(C(=O)N[C@@H]2CO[C@H](C(=O)NS(C)(=O)=O)C2)CC(c2cc(F)cc(F)c2)=NO1. The lowest BCUT2D eigenvalue weighted by Gasteiger charge is -2.22. The summed E-state index contributed by atoms with van der Waals surface area (Å²) in [6.07, 6.45) is -0.118. The van der Waals surface area contributed by atoms with Crippen molar-refractivity contribution in [2.45, 2.75) is 37.5 Å². The number of hydrogen-bond acceptors (Lipinski definition) is 7. The number of sulfonamides is 1. The second-order valence-corrected chi connectivity index (χ2v) is 8.91. The minimum absolute atomic E-state index is 0.00644. The van der Waals surface area contributed by atoms with Crippen LogP contribution in [0.1, 0.15) is 25.3 Å². The third-order valence-corrected chi connectivity index (χ3v) is 5.02. The summed E-state index contributed by atoms with van der Waals surface area (Å²) in [4.78, 5) is 29.7. The molecule has 158 valence electrons. The van der Waals surface area contributed by atoms with Crippen molar-refractivity contribution < 1.29 is 36.4 Å². The maximum absolute atomic E-state index is 13.4. The fourth-order valence-electron chi connectivity index (χ4n) is 3.03. The van der Waals surface area contributed by atoms with Gasteiger partial charge in [0.05, 0.1) is 24.6 Å². The second-order valence-electron chi connectivity index (χ2n) is 7.16. The molecule has 3 rings (SSSR count). The molecule has 0 spiro atoms. The standard InChI is InChI=1S/C17H19F2N3O6S/c1-17(7-13(21-28-17)9-3-10(18)5-11(19)4-9)16(24)20-12-6-14(27-8-12)15(23)22-29(2,25)26/h3-5,12,14H,6-8H2,1-2H3,(H,20,24)(H,22,23)/t12-,14-,17+/m0/s1. The highest BCUT2D eigenvalue weighted by Gasteiger charge is 2.44. The molecule has 0 aliphatic carbocycles. The Morgan fingerprint density at radius 3 is 2.52 bits per heavy atom. The van der Waals surface area contributed by atoms with E-state index in [4.69, 9.17) is 9.57 Å². The summed E-state index contributed by atoms with van der Waals surface area (Å²) in [6, 6.07) is 2.35. The van der Waals surface area contributed by atoms with Crippen molar-refractivity contribution in [3.8, 4) is 0 Å². The Kier molecular flexibility index (Phi) is 5.59. The van der Waals surface area contributed by atoms with E-state index in [9.17, 15) is 26.8 Å². The van der Waals surface area contributed by atoms with Gasteiger partial charge >= 0.3 is 0 Å². The van der Waals surface area contributed by atoms with Gasteiger partial charge in [-0.15, -0.1) is 0 Å². The van der Waals surface area contributed by atoms with Crippen molar-refractivity contribution in [2.75, 3.05) is 12.9 Å². The first-order valence-electron chi connectivity index (χ1n) is 8.61. The fraction of sp³-hybridized carbons (Fsp3) is 0.471. The molecule has 1 aromatic rings. The second kappa shape index (κ2) is 7.67. The van der Waals surface area contributed by atoms with E-state index in [2.05, 4.69) is 10.5 Å². The summed E-state index contributed by atoms with van der Waals surface area (Å²) in [5.74, 6) is -2.92. The Hall–Kier alpha value is -2.60. The molecule has 3 atom stereocenters. The Morgan fingerprint density at radius 1 is 1.24 bits per heavy atom. The number of nitrogens with one attached hydrogen (secondary N) is 2. The lowest BCUT2D eigenvalue weighted by atomic mass is 9.94. The van der Waals surface area contributed by atoms with Gasteiger partial charge < -0.3 is 14.9 Å². The summed E-state index contributed by atoms with van der Waals surface area (Å²) >= 11 is 0. The zero-order chi connectivity index (χ0) is 21.4. The molecule has 29 heavy (non-hydrogen) atoms. The largest absolute Gasteiger partial charge is 0.379 e. The number of halogens is 2. The van der Waals surface area contributed by atoms with Crippen molar-refractivity contribution in [3.05, 3.63) is 35.4 Å². The number of rotatable bonds is 5. The molecular formula is C17H19F2N3O6S. The number of nitrogens with zero attached hydrogens (tertiary/aromatic N) is 1. The molecule has 0 radical (unpaired) electrons. The van der Waals surface area contributed by atoms with Crippen LogP contribution >= 0.6 is 0 Å². The monoisotopic (exact) mass is 431 g/mol. The van der Waals surface area contributed by atoms with Crippen molar-refractivity contribution >= 4 is 27.5 Å². The molecule has 1 fully saturated rings. The van der Waals surface area contributed by atoms with E-state index in [-0.39, 0.29) is 30.7 Å². The van der Waals surface area contributed by atoms with Crippen LogP contribution < -0.4 is 10.0 Å². The molecule has 1 saturated heterocycles. The summed E-state index contributed by atoms with van der Waals surface area (Å²) in [5, 5.41) is 6.44. The maximum Gasteiger partial charge on any atom is 0.267 e. The highest BCUT2D eigenvalue weighted by atomic mass is 32.2. The van der Waals surface area contributed by atoms with Crippen molar-refractivity contribution in [3.63, 3.8) is 0 Å². The summed E-state index contributed by atoms with van der Waals surface area (Å²) in [7, 11) is -3.72. The summed E-state index contributed by atoms with van der Waals surface area (Å²) < 4.78 is 56.1. The van der Waals surface area contributed by atoms with Crippen LogP contribution in [-0.4, -0.2) is 56.6 Å². The molecule has 0 saturated carbocycles. The Balaban J connectivity index is 1.58. The number of amides is 2. The van der Waals surface area contributed by atoms with E-state index >= 15 is 0 Å². The predicted octanol–water partition coefficient (Wildman–Crippen LogP) is 0.197. The van der Waals surface area contributed by atoms with E-state index < -0.39 is 51.2 Å². The van der Waals surface area contributed by atoms with E-state index in [1.165, 1.54) is 6.92 Å². The number of carbonyl (C=O) groups excluding carboxylic acids is 2. The van der Waals surface area contributed by atoms with Gasteiger partial charge in [-0.05, 0) is 19.1 Å². The van der Waals surface area contributed by atoms with E-state index in [0.717, 1.165) is 24.5 Å². The first-order valence-corrected chi connectivity index (χ1v) is 10.5. The zero-order valence-electron chi connectivity index (χ0n) is 15.6. The topological polar surface area (TPSA) is 123 Å². The van der Waals surface area contributed by atoms with E-state index in [0.29, 0.717) is 0 Å². The molecule has 2 heterocycles. The van der Waals surface area contributed by atoms with Crippen molar-refractivity contribution in [1.29, 1.82) is 0 Å². The molecule has 0 bridgehead atoms. The normalized spacial score (nSPS) is 26.6. The molecule has 12 heteroatoms. The van der Waals surface area contributed by atoms with Gasteiger partial charge in [0.1, 0.15) is 17.7 Å². The Labute approximate surface area is 165 Å². The number of ether oxygens (including phenoxy) is 1. The van der Waals surface area contributed by atoms with Crippen molar-refractivity contribution in [2.24, 2.45) is 5.16 Å². The van der Waals surface area contributed by atoms with Crippen LogP contribution in [0.3, 0.4) is 0 Å². The van der Waals surface area contributed by atoms with Gasteiger partial charge in [0.25, 0.3) is 11.8 Å². The van der Waals surface area contributed by atoms with Crippen LogP contribution in [0, 0.1) is 11.6 Å². The third-order valence-electron chi connectivity index (χ3n) is 4.45. The summed E-state index contributed by atoms with van der Waals surface area (Å²) in [5.41, 5.74) is -1.03. The minimum Gasteiger partial charge on any atom is -0.379 e.